The monoisotopic (exact) mass is 236 g/mol. The van der Waals surface area contributed by atoms with Crippen molar-refractivity contribution in [1.29, 1.82) is 0 Å². The molecule has 1 heterocycles. The zero-order valence-electron chi connectivity index (χ0n) is 9.36. The minimum atomic E-state index is -0.473. The van der Waals surface area contributed by atoms with Crippen molar-refractivity contribution >= 4 is 11.6 Å². The third kappa shape index (κ3) is 2.20. The maximum Gasteiger partial charge on any atom is 0.311 e. The highest BCUT2D eigenvalue weighted by molar-refractivity contribution is 5.80. The molecular formula is C11H12N2O4. The van der Waals surface area contributed by atoms with Gasteiger partial charge in [0, 0.05) is 12.6 Å². The summed E-state index contributed by atoms with van der Waals surface area (Å²) in [7, 11) is 1.38. The molecule has 1 aromatic rings. The number of hydrogen-bond donors (Lipinski definition) is 1. The van der Waals surface area contributed by atoms with E-state index < -0.39 is 4.92 Å². The fraction of sp³-hybridized carbons (Fsp3) is 0.364. The largest absolute Gasteiger partial charge is 0.490 e. The quantitative estimate of drug-likeness (QED) is 0.608. The summed E-state index contributed by atoms with van der Waals surface area (Å²) in [6.45, 7) is 0.509. The highest BCUT2D eigenvalue weighted by atomic mass is 16.6. The molecule has 1 aromatic carbocycles. The zero-order valence-corrected chi connectivity index (χ0v) is 9.36. The van der Waals surface area contributed by atoms with Gasteiger partial charge in [-0.3, -0.25) is 14.9 Å². The summed E-state index contributed by atoms with van der Waals surface area (Å²) >= 11 is 0. The van der Waals surface area contributed by atoms with E-state index in [2.05, 4.69) is 5.32 Å². The van der Waals surface area contributed by atoms with Crippen LogP contribution < -0.4 is 10.1 Å². The van der Waals surface area contributed by atoms with Crippen LogP contribution in [-0.2, 0) is 17.6 Å². The Morgan fingerprint density at radius 2 is 2.18 bits per heavy atom. The normalized spacial score (nSPS) is 14.5. The van der Waals surface area contributed by atoms with Gasteiger partial charge in [0.2, 0.25) is 5.91 Å². The highest BCUT2D eigenvalue weighted by Crippen LogP contribution is 2.31. The molecule has 0 saturated heterocycles. The minimum absolute atomic E-state index is 0.0550. The summed E-state index contributed by atoms with van der Waals surface area (Å²) in [5.74, 6) is 0.128. The van der Waals surface area contributed by atoms with Crippen molar-refractivity contribution < 1.29 is 14.5 Å². The number of nitro benzene ring substituents is 1. The molecule has 1 aliphatic heterocycles. The average molecular weight is 236 g/mol. The van der Waals surface area contributed by atoms with E-state index in [4.69, 9.17) is 4.74 Å². The molecule has 1 amide bonds. The lowest BCUT2D eigenvalue weighted by Crippen LogP contribution is -2.24. The van der Waals surface area contributed by atoms with Gasteiger partial charge < -0.3 is 10.1 Å². The molecule has 1 aliphatic rings. The molecular weight excluding hydrogens is 224 g/mol. The molecule has 0 atom stereocenters. The van der Waals surface area contributed by atoms with Crippen LogP contribution >= 0.6 is 0 Å². The van der Waals surface area contributed by atoms with Crippen LogP contribution in [0.25, 0.3) is 0 Å². The molecule has 0 fully saturated rings. The van der Waals surface area contributed by atoms with Crippen molar-refractivity contribution in [1.82, 2.24) is 5.32 Å². The van der Waals surface area contributed by atoms with E-state index in [1.165, 1.54) is 13.2 Å². The van der Waals surface area contributed by atoms with Crippen molar-refractivity contribution in [3.8, 4) is 5.75 Å². The smallest absolute Gasteiger partial charge is 0.311 e. The molecule has 2 rings (SSSR count). The van der Waals surface area contributed by atoms with Crippen molar-refractivity contribution in [3.05, 3.63) is 33.4 Å². The van der Waals surface area contributed by atoms with E-state index in [0.29, 0.717) is 13.0 Å². The van der Waals surface area contributed by atoms with Crippen LogP contribution in [-0.4, -0.2) is 24.5 Å². The molecule has 0 aliphatic carbocycles. The van der Waals surface area contributed by atoms with Crippen molar-refractivity contribution in [2.24, 2.45) is 0 Å². The molecule has 1 N–H and O–H groups in total. The van der Waals surface area contributed by atoms with Gasteiger partial charge in [0.1, 0.15) is 0 Å². The molecule has 0 spiro atoms. The van der Waals surface area contributed by atoms with Gasteiger partial charge >= 0.3 is 5.69 Å². The van der Waals surface area contributed by atoms with Gasteiger partial charge in [-0.25, -0.2) is 0 Å². The van der Waals surface area contributed by atoms with Gasteiger partial charge in [0.25, 0.3) is 0 Å². The maximum absolute atomic E-state index is 11.4. The molecule has 17 heavy (non-hydrogen) atoms. The number of methoxy groups -OCH3 is 1. The fourth-order valence-electron chi connectivity index (χ4n) is 1.93. The molecule has 6 heteroatoms. The van der Waals surface area contributed by atoms with Crippen LogP contribution in [0.5, 0.6) is 5.75 Å². The van der Waals surface area contributed by atoms with Crippen molar-refractivity contribution in [2.75, 3.05) is 13.7 Å². The number of benzene rings is 1. The number of hydrogen-bond acceptors (Lipinski definition) is 4. The highest BCUT2D eigenvalue weighted by Gasteiger charge is 2.21. The summed E-state index contributed by atoms with van der Waals surface area (Å²) in [5, 5.41) is 13.6. The second kappa shape index (κ2) is 4.40. The third-order valence-electron chi connectivity index (χ3n) is 2.77. The Hall–Kier alpha value is -2.11. The van der Waals surface area contributed by atoms with Gasteiger partial charge in [-0.05, 0) is 23.6 Å². The first-order valence-electron chi connectivity index (χ1n) is 5.22. The van der Waals surface area contributed by atoms with E-state index in [1.54, 1.807) is 6.07 Å². The zero-order chi connectivity index (χ0) is 12.4. The second-order valence-electron chi connectivity index (χ2n) is 3.83. The van der Waals surface area contributed by atoms with Crippen LogP contribution in [0.4, 0.5) is 5.69 Å². The topological polar surface area (TPSA) is 81.5 Å². The lowest BCUT2D eigenvalue weighted by molar-refractivity contribution is -0.385. The Kier molecular flexibility index (Phi) is 2.95. The second-order valence-corrected chi connectivity index (χ2v) is 3.83. The molecule has 0 radical (unpaired) electrons. The first-order chi connectivity index (χ1) is 8.11. The summed E-state index contributed by atoms with van der Waals surface area (Å²) in [6.07, 6.45) is 0.843. The van der Waals surface area contributed by atoms with E-state index in [1.807, 2.05) is 0 Å². The molecule has 0 bridgehead atoms. The van der Waals surface area contributed by atoms with Gasteiger partial charge in [0.05, 0.1) is 18.5 Å². The Morgan fingerprint density at radius 1 is 1.41 bits per heavy atom. The van der Waals surface area contributed by atoms with E-state index in [9.17, 15) is 14.9 Å². The van der Waals surface area contributed by atoms with Crippen LogP contribution in [0.15, 0.2) is 12.1 Å². The number of carbonyl (C=O) groups excluding carboxylic acids is 1. The minimum Gasteiger partial charge on any atom is -0.490 e. The number of nitro groups is 1. The summed E-state index contributed by atoms with van der Waals surface area (Å²) in [5.41, 5.74) is 1.57. The van der Waals surface area contributed by atoms with Crippen LogP contribution in [0, 0.1) is 10.1 Å². The SMILES string of the molecule is COc1cc2c(cc1[N+](=O)[O-])CCNC(=O)C2. The standard InChI is InChI=1S/C11H12N2O4/c1-17-10-5-8-6-11(14)12-3-2-7(8)4-9(10)13(15)16/h4-5H,2-3,6H2,1H3,(H,12,14). The third-order valence-corrected chi connectivity index (χ3v) is 2.77. The summed E-state index contributed by atoms with van der Waals surface area (Å²) < 4.78 is 4.98. The molecule has 90 valence electrons. The molecule has 0 aromatic heterocycles. The first-order valence-corrected chi connectivity index (χ1v) is 5.22. The Balaban J connectivity index is 2.51. The lowest BCUT2D eigenvalue weighted by Gasteiger charge is -2.07. The maximum atomic E-state index is 11.4. The van der Waals surface area contributed by atoms with Gasteiger partial charge in [-0.2, -0.15) is 0 Å². The Labute approximate surface area is 97.7 Å². The van der Waals surface area contributed by atoms with E-state index in [0.717, 1.165) is 11.1 Å². The van der Waals surface area contributed by atoms with Gasteiger partial charge in [-0.1, -0.05) is 0 Å². The van der Waals surface area contributed by atoms with Crippen LogP contribution in [0.3, 0.4) is 0 Å². The molecule has 0 saturated carbocycles. The van der Waals surface area contributed by atoms with E-state index in [-0.39, 0.29) is 23.8 Å². The van der Waals surface area contributed by atoms with Crippen LogP contribution in [0.1, 0.15) is 11.1 Å². The Morgan fingerprint density at radius 3 is 2.82 bits per heavy atom. The first kappa shape index (κ1) is 11.4. The average Bonchev–Trinajstić information content (AvgIpc) is 2.47. The molecule has 6 nitrogen and oxygen atoms in total. The predicted molar refractivity (Wildman–Crippen MR) is 60.1 cm³/mol. The van der Waals surface area contributed by atoms with Gasteiger partial charge in [0.15, 0.2) is 5.75 Å². The molecule has 0 unspecified atom stereocenters. The van der Waals surface area contributed by atoms with Crippen molar-refractivity contribution in [2.45, 2.75) is 12.8 Å². The fourth-order valence-corrected chi connectivity index (χ4v) is 1.93. The number of carbonyl (C=O) groups is 1. The van der Waals surface area contributed by atoms with Crippen LogP contribution in [0.2, 0.25) is 0 Å². The number of nitrogens with one attached hydrogen (secondary N) is 1. The van der Waals surface area contributed by atoms with Gasteiger partial charge in [-0.15, -0.1) is 0 Å². The number of rotatable bonds is 2. The predicted octanol–water partition coefficient (Wildman–Crippen LogP) is 0.818. The number of nitrogens with zero attached hydrogens (tertiary/aromatic N) is 1. The lowest BCUT2D eigenvalue weighted by atomic mass is 10.0. The Bertz CT molecular complexity index is 485. The number of fused-ring (bicyclic) bond motifs is 1. The number of amides is 1. The van der Waals surface area contributed by atoms with Crippen molar-refractivity contribution in [3.63, 3.8) is 0 Å². The summed E-state index contributed by atoms with van der Waals surface area (Å²) in [4.78, 5) is 21.8. The number of ether oxygens (including phenoxy) is 1. The van der Waals surface area contributed by atoms with E-state index >= 15 is 0 Å². The summed E-state index contributed by atoms with van der Waals surface area (Å²) in [6, 6.07) is 3.08.